The molecule has 0 N–H and O–H groups in total. The van der Waals surface area contributed by atoms with Gasteiger partial charge in [0.2, 0.25) is 0 Å². The molecule has 276 valence electrons. The number of hydrogen-bond donors (Lipinski definition) is 0. The minimum absolute atomic E-state index is 0.246. The van der Waals surface area contributed by atoms with E-state index >= 15 is 0 Å². The Hall–Kier alpha value is -6.95. The van der Waals surface area contributed by atoms with Crippen molar-refractivity contribution in [1.82, 2.24) is 4.57 Å². The maximum atomic E-state index is 14.1. The van der Waals surface area contributed by atoms with Crippen LogP contribution in [0.2, 0.25) is 0 Å². The van der Waals surface area contributed by atoms with E-state index in [0.717, 1.165) is 44.6 Å². The number of nitrogens with zero attached hydrogens (tertiary/aromatic N) is 2. The Morgan fingerprint density at radius 3 is 1.34 bits per heavy atom. The quantitative estimate of drug-likeness (QED) is 0.132. The van der Waals surface area contributed by atoms with Crippen molar-refractivity contribution in [3.8, 4) is 16.8 Å². The first-order valence-electron chi connectivity index (χ1n) is 19.7. The second kappa shape index (κ2) is 15.2. The van der Waals surface area contributed by atoms with Crippen LogP contribution >= 0.6 is 0 Å². The zero-order valence-corrected chi connectivity index (χ0v) is 33.9. The van der Waals surface area contributed by atoms with Crippen LogP contribution in [0.25, 0.3) is 38.6 Å². The van der Waals surface area contributed by atoms with Gasteiger partial charge >= 0.3 is 314 Å². The number of hydrogen-bond acceptors (Lipinski definition) is 1. The van der Waals surface area contributed by atoms with Crippen molar-refractivity contribution < 1.29 is 4.39 Å². The summed E-state index contributed by atoms with van der Waals surface area (Å²) in [4.78, 5) is 2.37. The first-order chi connectivity index (χ1) is 28.7. The fourth-order valence-electron chi connectivity index (χ4n) is 8.77. The first kappa shape index (κ1) is 35.5. The van der Waals surface area contributed by atoms with Crippen LogP contribution in [-0.2, 0) is 0 Å². The number of rotatable bonds is 9. The summed E-state index contributed by atoms with van der Waals surface area (Å²) in [5.74, 6) is -0.246. The Labute approximate surface area is 341 Å². The molecular formula is C54H39FGeN2. The number of anilines is 3. The Morgan fingerprint density at radius 2 is 0.776 bits per heavy atom. The predicted molar refractivity (Wildman–Crippen MR) is 244 cm³/mol. The summed E-state index contributed by atoms with van der Waals surface area (Å²) in [5, 5.41) is 2.27. The molecule has 0 aliphatic rings. The molecule has 10 aromatic rings. The van der Waals surface area contributed by atoms with Gasteiger partial charge in [0.05, 0.1) is 0 Å². The van der Waals surface area contributed by atoms with E-state index in [0.29, 0.717) is 0 Å². The number of halogens is 1. The van der Waals surface area contributed by atoms with E-state index in [1.807, 2.05) is 12.1 Å². The fourth-order valence-corrected chi connectivity index (χ4v) is 18.7. The van der Waals surface area contributed by atoms with Crippen LogP contribution in [0.5, 0.6) is 0 Å². The third kappa shape index (κ3) is 6.21. The van der Waals surface area contributed by atoms with Gasteiger partial charge in [-0.3, -0.25) is 0 Å². The molecule has 0 spiro atoms. The molecule has 58 heavy (non-hydrogen) atoms. The van der Waals surface area contributed by atoms with Crippen molar-refractivity contribution in [3.63, 3.8) is 0 Å². The number of aromatic nitrogens is 1. The molecule has 0 aliphatic heterocycles. The SMILES string of the molecule is Fc1ccc(-n2c3ccccc3c3cc(N(c4ccc(-c5ccccc5)cc4)c4cc[c]([Ge]([c]5ccccc5)([c]5ccccc5)[c]5ccccc5)cc4)ccc32)cc1. The van der Waals surface area contributed by atoms with Crippen LogP contribution in [0, 0.1) is 5.82 Å². The van der Waals surface area contributed by atoms with Crippen molar-refractivity contribution in [2.45, 2.75) is 0 Å². The monoisotopic (exact) mass is 808 g/mol. The van der Waals surface area contributed by atoms with E-state index in [-0.39, 0.29) is 5.82 Å². The van der Waals surface area contributed by atoms with Crippen LogP contribution in [0.3, 0.4) is 0 Å². The third-order valence-corrected chi connectivity index (χ3v) is 21.5. The van der Waals surface area contributed by atoms with Gasteiger partial charge in [-0.05, 0) is 12.1 Å². The summed E-state index contributed by atoms with van der Waals surface area (Å²) in [5.41, 5.74) is 8.62. The average molecular weight is 808 g/mol. The molecule has 4 heteroatoms. The van der Waals surface area contributed by atoms with Crippen LogP contribution in [-0.4, -0.2) is 17.8 Å². The van der Waals surface area contributed by atoms with Crippen LogP contribution in [0.4, 0.5) is 21.5 Å². The maximum absolute atomic E-state index is 14.1. The Kier molecular flexibility index (Phi) is 9.29. The molecule has 0 saturated carbocycles. The molecular weight excluding hydrogens is 768 g/mol. The van der Waals surface area contributed by atoms with Gasteiger partial charge in [0.25, 0.3) is 0 Å². The van der Waals surface area contributed by atoms with Crippen molar-refractivity contribution in [2.24, 2.45) is 0 Å². The van der Waals surface area contributed by atoms with Crippen LogP contribution < -0.4 is 22.5 Å². The molecule has 0 unspecified atom stereocenters. The van der Waals surface area contributed by atoms with Crippen molar-refractivity contribution in [3.05, 3.63) is 242 Å². The second-order valence-corrected chi connectivity index (χ2v) is 22.7. The van der Waals surface area contributed by atoms with Crippen molar-refractivity contribution in [2.75, 3.05) is 4.90 Å². The molecule has 0 atom stereocenters. The van der Waals surface area contributed by atoms with Gasteiger partial charge in [0, 0.05) is 0 Å². The zero-order chi connectivity index (χ0) is 38.9. The van der Waals surface area contributed by atoms with Gasteiger partial charge in [-0.1, -0.05) is 6.07 Å². The van der Waals surface area contributed by atoms with E-state index in [1.165, 1.54) is 40.8 Å². The summed E-state index contributed by atoms with van der Waals surface area (Å²) in [7, 11) is 0. The number of fused-ring (bicyclic) bond motifs is 3. The number of benzene rings is 9. The molecule has 0 bridgehead atoms. The summed E-state index contributed by atoms with van der Waals surface area (Å²) >= 11 is -3.46. The average Bonchev–Trinajstić information content (AvgIpc) is 3.63. The summed E-state index contributed by atoms with van der Waals surface area (Å²) < 4.78 is 21.8. The zero-order valence-electron chi connectivity index (χ0n) is 31.8. The van der Waals surface area contributed by atoms with Gasteiger partial charge in [-0.15, -0.1) is 0 Å². The molecule has 0 saturated heterocycles. The van der Waals surface area contributed by atoms with Gasteiger partial charge in [0.15, 0.2) is 0 Å². The Balaban J connectivity index is 1.16. The summed E-state index contributed by atoms with van der Waals surface area (Å²) in [6.07, 6.45) is 0. The van der Waals surface area contributed by atoms with Crippen molar-refractivity contribution in [1.29, 1.82) is 0 Å². The van der Waals surface area contributed by atoms with E-state index in [4.69, 9.17) is 0 Å². The van der Waals surface area contributed by atoms with Crippen molar-refractivity contribution >= 4 is 69.7 Å². The van der Waals surface area contributed by atoms with Gasteiger partial charge < -0.3 is 0 Å². The van der Waals surface area contributed by atoms with E-state index in [9.17, 15) is 4.39 Å². The molecule has 0 fully saturated rings. The molecule has 10 rings (SSSR count). The Morgan fingerprint density at radius 1 is 0.345 bits per heavy atom. The molecule has 0 aliphatic carbocycles. The molecule has 9 aromatic carbocycles. The molecule has 1 heterocycles. The van der Waals surface area contributed by atoms with Gasteiger partial charge in [0.1, 0.15) is 5.82 Å². The van der Waals surface area contributed by atoms with E-state index in [1.54, 1.807) is 0 Å². The van der Waals surface area contributed by atoms with Crippen LogP contribution in [0.1, 0.15) is 0 Å². The summed E-state index contributed by atoms with van der Waals surface area (Å²) in [6.45, 7) is 0. The standard InChI is InChI=1S/C54H39FGeN2/c55-42-27-33-49(34-28-42)58-53-24-14-13-23-51(53)52-39-50(37-38-54(52)58)57(47-31-25-41(26-32-47)40-15-5-1-6-16-40)48-35-29-46(30-36-48)56(43-17-7-2-8-18-43,44-19-9-3-10-20-44)45-21-11-4-12-22-45/h1-39H. The minimum Gasteiger partial charge on any atom is -0.0242 e. The third-order valence-electron chi connectivity index (χ3n) is 11.4. The van der Waals surface area contributed by atoms with Gasteiger partial charge in [-0.2, -0.15) is 0 Å². The molecule has 2 nitrogen and oxygen atoms in total. The first-order valence-corrected chi connectivity index (χ1v) is 23.9. The molecule has 1 aromatic heterocycles. The Bertz CT molecular complexity index is 2870. The predicted octanol–water partition coefficient (Wildman–Crippen LogP) is 11.4. The summed E-state index contributed by atoms with van der Waals surface area (Å²) in [6, 6.07) is 84.1. The number of para-hydroxylation sites is 1. The van der Waals surface area contributed by atoms with Crippen LogP contribution in [0.15, 0.2) is 237 Å². The fraction of sp³-hybridized carbons (Fsp3) is 0. The second-order valence-electron chi connectivity index (χ2n) is 14.7. The molecule has 0 amide bonds. The minimum atomic E-state index is -3.46. The van der Waals surface area contributed by atoms with E-state index < -0.39 is 13.3 Å². The smallest absolute Gasteiger partial charge is 0.0242 e. The van der Waals surface area contributed by atoms with Gasteiger partial charge in [-0.25, -0.2) is 4.39 Å². The normalized spacial score (nSPS) is 11.5. The van der Waals surface area contributed by atoms with E-state index in [2.05, 4.69) is 222 Å². The topological polar surface area (TPSA) is 8.17 Å². The molecule has 0 radical (unpaired) electrons.